The van der Waals surface area contributed by atoms with Crippen LogP contribution in [0.5, 0.6) is 0 Å². The first-order chi connectivity index (χ1) is 5.02. The highest BCUT2D eigenvalue weighted by Crippen LogP contribution is 2.02. The first-order valence-electron chi connectivity index (χ1n) is 2.84. The second-order valence-corrected chi connectivity index (χ2v) is 3.40. The molecule has 0 fully saturated rings. The van der Waals surface area contributed by atoms with E-state index in [0.29, 0.717) is 0 Å². The summed E-state index contributed by atoms with van der Waals surface area (Å²) in [5.74, 6) is 0. The van der Waals surface area contributed by atoms with E-state index in [-0.39, 0.29) is 10.4 Å². The van der Waals surface area contributed by atoms with Crippen LogP contribution < -0.4 is 5.46 Å². The van der Waals surface area contributed by atoms with E-state index in [1.54, 1.807) is 6.07 Å². The third-order valence-corrected chi connectivity index (χ3v) is 2.12. The molecule has 0 aliphatic heterocycles. The normalized spacial score (nSPS) is 11.4. The molecule has 1 rings (SSSR count). The van der Waals surface area contributed by atoms with Gasteiger partial charge in [0.25, 0.3) is 10.1 Å². The van der Waals surface area contributed by atoms with Gasteiger partial charge in [0.15, 0.2) is 0 Å². The Balaban J connectivity index is 3.37. The topological polar surface area (TPSA) is 54.4 Å². The SMILES string of the molecule is [B]c1ccccc1S(=O)(=O)O. The van der Waals surface area contributed by atoms with Crippen molar-refractivity contribution in [1.82, 2.24) is 0 Å². The van der Waals surface area contributed by atoms with E-state index < -0.39 is 10.1 Å². The minimum absolute atomic E-state index is 0.0509. The highest BCUT2D eigenvalue weighted by atomic mass is 32.2. The molecule has 0 saturated heterocycles. The van der Waals surface area contributed by atoms with Gasteiger partial charge in [-0.3, -0.25) is 4.55 Å². The van der Waals surface area contributed by atoms with Gasteiger partial charge in [-0.1, -0.05) is 23.7 Å². The van der Waals surface area contributed by atoms with Crippen LogP contribution >= 0.6 is 0 Å². The number of hydrogen-bond donors (Lipinski definition) is 1. The van der Waals surface area contributed by atoms with E-state index in [0.717, 1.165) is 0 Å². The number of hydrogen-bond acceptors (Lipinski definition) is 2. The number of benzene rings is 1. The molecule has 1 aromatic carbocycles. The van der Waals surface area contributed by atoms with Gasteiger partial charge in [0.1, 0.15) is 7.85 Å². The monoisotopic (exact) mass is 168 g/mol. The lowest BCUT2D eigenvalue weighted by Gasteiger charge is -1.99. The fourth-order valence-corrected chi connectivity index (χ4v) is 1.33. The summed E-state index contributed by atoms with van der Waals surface area (Å²) >= 11 is 0. The van der Waals surface area contributed by atoms with Crippen LogP contribution in [0.25, 0.3) is 0 Å². The summed E-state index contributed by atoms with van der Waals surface area (Å²) in [6.45, 7) is 0. The fourth-order valence-electron chi connectivity index (χ4n) is 0.715. The van der Waals surface area contributed by atoms with Gasteiger partial charge in [0.2, 0.25) is 0 Å². The van der Waals surface area contributed by atoms with Gasteiger partial charge in [0, 0.05) is 0 Å². The van der Waals surface area contributed by atoms with E-state index in [2.05, 4.69) is 0 Å². The molecule has 0 amide bonds. The van der Waals surface area contributed by atoms with Crippen molar-refractivity contribution < 1.29 is 13.0 Å². The Morgan fingerprint density at radius 2 is 1.82 bits per heavy atom. The van der Waals surface area contributed by atoms with Crippen molar-refractivity contribution in [3.8, 4) is 0 Å². The van der Waals surface area contributed by atoms with Gasteiger partial charge in [0.05, 0.1) is 4.90 Å². The quantitative estimate of drug-likeness (QED) is 0.463. The van der Waals surface area contributed by atoms with Crippen LogP contribution in [-0.2, 0) is 10.1 Å². The Bertz CT molecular complexity index is 358. The van der Waals surface area contributed by atoms with E-state index in [4.69, 9.17) is 12.4 Å². The smallest absolute Gasteiger partial charge is 0.282 e. The van der Waals surface area contributed by atoms with Crippen LogP contribution in [-0.4, -0.2) is 20.8 Å². The molecule has 1 N–H and O–H groups in total. The molecule has 0 bridgehead atoms. The molecule has 0 spiro atoms. The van der Waals surface area contributed by atoms with Crippen LogP contribution in [0.3, 0.4) is 0 Å². The van der Waals surface area contributed by atoms with E-state index in [1.807, 2.05) is 0 Å². The van der Waals surface area contributed by atoms with Gasteiger partial charge in [-0.2, -0.15) is 8.42 Å². The van der Waals surface area contributed by atoms with Crippen molar-refractivity contribution in [3.63, 3.8) is 0 Å². The average Bonchev–Trinajstić information content (AvgIpc) is 1.86. The van der Waals surface area contributed by atoms with Gasteiger partial charge < -0.3 is 0 Å². The minimum Gasteiger partial charge on any atom is -0.282 e. The molecule has 5 heteroatoms. The van der Waals surface area contributed by atoms with E-state index >= 15 is 0 Å². The van der Waals surface area contributed by atoms with Crippen LogP contribution in [0.15, 0.2) is 29.2 Å². The maximum Gasteiger partial charge on any atom is 0.293 e. The summed E-state index contributed by atoms with van der Waals surface area (Å²) in [7, 11) is 1.11. The maximum absolute atomic E-state index is 10.5. The summed E-state index contributed by atoms with van der Waals surface area (Å²) < 4.78 is 29.6. The molecule has 0 aliphatic carbocycles. The zero-order valence-electron chi connectivity index (χ0n) is 5.56. The Morgan fingerprint density at radius 1 is 1.27 bits per heavy atom. The largest absolute Gasteiger partial charge is 0.293 e. The van der Waals surface area contributed by atoms with Crippen LogP contribution in [0.4, 0.5) is 0 Å². The summed E-state index contributed by atoms with van der Waals surface area (Å²) in [5.41, 5.74) is 0.0509. The number of rotatable bonds is 1. The van der Waals surface area contributed by atoms with Crippen molar-refractivity contribution in [1.29, 1.82) is 0 Å². The molecule has 3 nitrogen and oxygen atoms in total. The second kappa shape index (κ2) is 2.67. The van der Waals surface area contributed by atoms with Gasteiger partial charge in [-0.05, 0) is 6.07 Å². The summed E-state index contributed by atoms with van der Waals surface area (Å²) in [4.78, 5) is -0.250. The van der Waals surface area contributed by atoms with Crippen molar-refractivity contribution in [2.75, 3.05) is 0 Å². The predicted molar refractivity (Wildman–Crippen MR) is 41.6 cm³/mol. The summed E-state index contributed by atoms with van der Waals surface area (Å²) in [6, 6.07) is 5.72. The molecule has 1 aromatic rings. The van der Waals surface area contributed by atoms with E-state index in [1.165, 1.54) is 18.2 Å². The second-order valence-electron chi connectivity index (χ2n) is 2.01. The van der Waals surface area contributed by atoms with Crippen molar-refractivity contribution in [2.45, 2.75) is 4.90 Å². The molecule has 0 aliphatic rings. The predicted octanol–water partition coefficient (Wildman–Crippen LogP) is -0.273. The standard InChI is InChI=1S/C6H5BO3S/c7-5-3-1-2-4-6(5)11(8,9)10/h1-4H,(H,8,9,10). The molecule has 0 atom stereocenters. The third-order valence-electron chi connectivity index (χ3n) is 1.20. The highest BCUT2D eigenvalue weighted by Gasteiger charge is 2.09. The summed E-state index contributed by atoms with van der Waals surface area (Å²) in [6.07, 6.45) is 0. The molecular formula is C6H5BO3S. The molecule has 56 valence electrons. The lowest BCUT2D eigenvalue weighted by atomic mass is 9.97. The molecule has 0 unspecified atom stereocenters. The Kier molecular flexibility index (Phi) is 2.02. The fraction of sp³-hybridized carbons (Fsp3) is 0. The molecule has 0 aromatic heterocycles. The highest BCUT2D eigenvalue weighted by molar-refractivity contribution is 7.86. The first kappa shape index (κ1) is 8.29. The molecule has 0 saturated carbocycles. The van der Waals surface area contributed by atoms with Crippen molar-refractivity contribution >= 4 is 23.4 Å². The van der Waals surface area contributed by atoms with Crippen molar-refractivity contribution in [3.05, 3.63) is 24.3 Å². The van der Waals surface area contributed by atoms with Gasteiger partial charge >= 0.3 is 0 Å². The molecule has 0 heterocycles. The van der Waals surface area contributed by atoms with Gasteiger partial charge in [-0.15, -0.1) is 0 Å². The van der Waals surface area contributed by atoms with Crippen molar-refractivity contribution in [2.24, 2.45) is 0 Å². The minimum atomic E-state index is -4.16. The summed E-state index contributed by atoms with van der Waals surface area (Å²) in [5, 5.41) is 0. The first-order valence-corrected chi connectivity index (χ1v) is 4.28. The van der Waals surface area contributed by atoms with Crippen LogP contribution in [0.1, 0.15) is 0 Å². The van der Waals surface area contributed by atoms with E-state index in [9.17, 15) is 8.42 Å². The Hall–Kier alpha value is -0.805. The third kappa shape index (κ3) is 1.81. The molecular weight excluding hydrogens is 163 g/mol. The lowest BCUT2D eigenvalue weighted by Crippen LogP contribution is -2.14. The Labute approximate surface area is 66.2 Å². The molecule has 11 heavy (non-hydrogen) atoms. The lowest BCUT2D eigenvalue weighted by molar-refractivity contribution is 0.484. The average molecular weight is 168 g/mol. The van der Waals surface area contributed by atoms with Crippen LogP contribution in [0, 0.1) is 0 Å². The van der Waals surface area contributed by atoms with Gasteiger partial charge in [-0.25, -0.2) is 0 Å². The maximum atomic E-state index is 10.5. The molecule has 2 radical (unpaired) electrons. The zero-order valence-corrected chi connectivity index (χ0v) is 6.38. The Morgan fingerprint density at radius 3 is 2.18 bits per heavy atom. The van der Waals surface area contributed by atoms with Crippen LogP contribution in [0.2, 0.25) is 0 Å². The zero-order chi connectivity index (χ0) is 8.48.